The summed E-state index contributed by atoms with van der Waals surface area (Å²) in [6.07, 6.45) is 0. The monoisotopic (exact) mass is 197 g/mol. The van der Waals surface area contributed by atoms with Crippen molar-refractivity contribution in [3.05, 3.63) is 16.7 Å². The molecule has 0 aromatic carbocycles. The van der Waals surface area contributed by atoms with Gasteiger partial charge in [-0.25, -0.2) is 9.78 Å². The van der Waals surface area contributed by atoms with Gasteiger partial charge in [-0.2, -0.15) is 4.98 Å². The molecule has 2 aromatic rings. The van der Waals surface area contributed by atoms with Crippen molar-refractivity contribution in [3.63, 3.8) is 0 Å². The molecular weight excluding hydrogens is 194 g/mol. The first kappa shape index (κ1) is 7.87. The fourth-order valence-corrected chi connectivity index (χ4v) is 1.26. The molecule has 0 amide bonds. The Bertz CT molecular complexity index is 422. The normalized spacial score (nSPS) is 10.2. The van der Waals surface area contributed by atoms with Gasteiger partial charge in [-0.05, 0) is 5.16 Å². The Hall–Kier alpha value is -1.76. The molecular formula is C6H3N3O3S. The zero-order chi connectivity index (χ0) is 9.26. The van der Waals surface area contributed by atoms with E-state index in [2.05, 4.69) is 19.6 Å². The topological polar surface area (TPSA) is 89.1 Å². The highest BCUT2D eigenvalue weighted by atomic mass is 32.1. The van der Waals surface area contributed by atoms with Crippen molar-refractivity contribution in [1.29, 1.82) is 0 Å². The van der Waals surface area contributed by atoms with Crippen LogP contribution in [-0.4, -0.2) is 26.2 Å². The number of carbonyl (C=O) groups is 1. The van der Waals surface area contributed by atoms with Gasteiger partial charge in [0.05, 0.1) is 5.51 Å². The van der Waals surface area contributed by atoms with Crippen LogP contribution in [0.1, 0.15) is 10.6 Å². The molecule has 0 aliphatic rings. The van der Waals surface area contributed by atoms with E-state index >= 15 is 0 Å². The summed E-state index contributed by atoms with van der Waals surface area (Å²) in [5.41, 5.74) is 2.09. The number of aromatic carboxylic acids is 1. The van der Waals surface area contributed by atoms with E-state index in [0.29, 0.717) is 5.69 Å². The molecule has 0 aliphatic heterocycles. The molecule has 2 rings (SSSR count). The fraction of sp³-hybridized carbons (Fsp3) is 0. The van der Waals surface area contributed by atoms with Crippen molar-refractivity contribution in [2.75, 3.05) is 0 Å². The molecule has 13 heavy (non-hydrogen) atoms. The summed E-state index contributed by atoms with van der Waals surface area (Å²) in [7, 11) is 0. The van der Waals surface area contributed by atoms with Crippen molar-refractivity contribution in [2.45, 2.75) is 0 Å². The predicted octanol–water partition coefficient (Wildman–Crippen LogP) is 0.891. The van der Waals surface area contributed by atoms with Gasteiger partial charge in [0.15, 0.2) is 0 Å². The number of hydrogen-bond acceptors (Lipinski definition) is 6. The van der Waals surface area contributed by atoms with Crippen LogP contribution >= 0.6 is 11.3 Å². The first-order chi connectivity index (χ1) is 6.27. The molecule has 0 atom stereocenters. The highest BCUT2D eigenvalue weighted by Crippen LogP contribution is 2.16. The molecule has 1 N–H and O–H groups in total. The third kappa shape index (κ3) is 1.41. The van der Waals surface area contributed by atoms with Crippen LogP contribution in [0.25, 0.3) is 11.6 Å². The van der Waals surface area contributed by atoms with Gasteiger partial charge >= 0.3 is 5.97 Å². The van der Waals surface area contributed by atoms with Gasteiger partial charge in [-0.15, -0.1) is 11.3 Å². The molecule has 6 nitrogen and oxygen atoms in total. The lowest BCUT2D eigenvalue weighted by molar-refractivity contribution is 0.0680. The molecule has 0 bridgehead atoms. The molecule has 2 aromatic heterocycles. The van der Waals surface area contributed by atoms with Crippen LogP contribution in [0, 0.1) is 0 Å². The Balaban J connectivity index is 2.39. The fourth-order valence-electron chi connectivity index (χ4n) is 0.733. The minimum atomic E-state index is -1.22. The quantitative estimate of drug-likeness (QED) is 0.768. The number of aromatic nitrogens is 3. The van der Waals surface area contributed by atoms with Gasteiger partial charge in [-0.1, -0.05) is 0 Å². The highest BCUT2D eigenvalue weighted by molar-refractivity contribution is 7.07. The second-order valence-electron chi connectivity index (χ2n) is 2.10. The molecule has 7 heteroatoms. The van der Waals surface area contributed by atoms with E-state index in [1.807, 2.05) is 0 Å². The standard InChI is InChI=1S/C6H3N3O3S/c10-6(11)4-8-5(12-9-4)3-1-13-2-7-3/h1-2H,(H,10,11). The third-order valence-corrected chi connectivity index (χ3v) is 1.86. The minimum absolute atomic E-state index is 0.124. The van der Waals surface area contributed by atoms with Crippen LogP contribution in [0.15, 0.2) is 15.4 Å². The summed E-state index contributed by atoms with van der Waals surface area (Å²) in [6.45, 7) is 0. The molecule has 0 saturated heterocycles. The summed E-state index contributed by atoms with van der Waals surface area (Å²) in [5, 5.41) is 13.4. The van der Waals surface area contributed by atoms with Gasteiger partial charge in [0.1, 0.15) is 5.69 Å². The summed E-state index contributed by atoms with van der Waals surface area (Å²) in [5.74, 6) is -1.45. The zero-order valence-corrected chi connectivity index (χ0v) is 6.98. The molecule has 66 valence electrons. The van der Waals surface area contributed by atoms with Gasteiger partial charge in [-0.3, -0.25) is 0 Å². The zero-order valence-electron chi connectivity index (χ0n) is 6.17. The van der Waals surface area contributed by atoms with Crippen LogP contribution in [0.2, 0.25) is 0 Å². The number of rotatable bonds is 2. The van der Waals surface area contributed by atoms with E-state index in [9.17, 15) is 4.79 Å². The van der Waals surface area contributed by atoms with Gasteiger partial charge in [0, 0.05) is 5.38 Å². The van der Waals surface area contributed by atoms with Crippen molar-refractivity contribution in [2.24, 2.45) is 0 Å². The molecule has 0 spiro atoms. The van der Waals surface area contributed by atoms with E-state index in [1.54, 1.807) is 10.9 Å². The predicted molar refractivity (Wildman–Crippen MR) is 42.4 cm³/mol. The van der Waals surface area contributed by atoms with Crippen LogP contribution in [0.4, 0.5) is 0 Å². The van der Waals surface area contributed by atoms with E-state index in [0.717, 1.165) is 0 Å². The lowest BCUT2D eigenvalue weighted by atomic mass is 10.5. The molecule has 0 unspecified atom stereocenters. The number of carboxylic acids is 1. The van der Waals surface area contributed by atoms with Crippen molar-refractivity contribution >= 4 is 17.3 Å². The molecule has 2 heterocycles. The second kappa shape index (κ2) is 2.94. The Morgan fingerprint density at radius 2 is 2.46 bits per heavy atom. The number of thiazole rings is 1. The van der Waals surface area contributed by atoms with Crippen LogP contribution in [0.5, 0.6) is 0 Å². The first-order valence-corrected chi connectivity index (χ1v) is 4.17. The van der Waals surface area contributed by atoms with E-state index in [4.69, 9.17) is 5.11 Å². The number of nitrogens with zero attached hydrogens (tertiary/aromatic N) is 3. The maximum atomic E-state index is 10.4. The summed E-state index contributed by atoms with van der Waals surface area (Å²) >= 11 is 1.37. The Labute approximate surface area is 75.9 Å². The SMILES string of the molecule is O=C(O)c1noc(-c2cscn2)n1. The third-order valence-electron chi connectivity index (χ3n) is 1.27. The van der Waals surface area contributed by atoms with Crippen molar-refractivity contribution in [3.8, 4) is 11.6 Å². The molecule has 0 fully saturated rings. The Morgan fingerprint density at radius 1 is 1.62 bits per heavy atom. The molecule has 0 saturated carbocycles. The number of carboxylic acid groups (broad SMARTS) is 1. The summed E-state index contributed by atoms with van der Waals surface area (Å²) < 4.78 is 4.67. The minimum Gasteiger partial charge on any atom is -0.475 e. The lowest BCUT2D eigenvalue weighted by Crippen LogP contribution is -1.98. The largest absolute Gasteiger partial charge is 0.475 e. The Kier molecular flexibility index (Phi) is 1.78. The van der Waals surface area contributed by atoms with E-state index in [1.165, 1.54) is 11.3 Å². The van der Waals surface area contributed by atoms with Crippen molar-refractivity contribution in [1.82, 2.24) is 15.1 Å². The van der Waals surface area contributed by atoms with E-state index in [-0.39, 0.29) is 11.7 Å². The summed E-state index contributed by atoms with van der Waals surface area (Å²) in [4.78, 5) is 17.9. The second-order valence-corrected chi connectivity index (χ2v) is 2.82. The summed E-state index contributed by atoms with van der Waals surface area (Å²) in [6, 6.07) is 0. The smallest absolute Gasteiger partial charge is 0.377 e. The average molecular weight is 197 g/mol. The van der Waals surface area contributed by atoms with E-state index < -0.39 is 5.97 Å². The first-order valence-electron chi connectivity index (χ1n) is 3.23. The Morgan fingerprint density at radius 3 is 3.00 bits per heavy atom. The maximum Gasteiger partial charge on any atom is 0.377 e. The average Bonchev–Trinajstić information content (AvgIpc) is 2.75. The molecule has 0 radical (unpaired) electrons. The maximum absolute atomic E-state index is 10.4. The number of hydrogen-bond donors (Lipinski definition) is 1. The van der Waals surface area contributed by atoms with Crippen molar-refractivity contribution < 1.29 is 14.4 Å². The molecule has 0 aliphatic carbocycles. The van der Waals surface area contributed by atoms with Gasteiger partial charge in [0.25, 0.3) is 11.7 Å². The van der Waals surface area contributed by atoms with Crippen LogP contribution in [-0.2, 0) is 0 Å². The highest BCUT2D eigenvalue weighted by Gasteiger charge is 2.14. The lowest BCUT2D eigenvalue weighted by Gasteiger charge is -1.80. The van der Waals surface area contributed by atoms with Crippen LogP contribution in [0.3, 0.4) is 0 Å². The van der Waals surface area contributed by atoms with Crippen LogP contribution < -0.4 is 0 Å². The van der Waals surface area contributed by atoms with Gasteiger partial charge < -0.3 is 9.63 Å². The van der Waals surface area contributed by atoms with Gasteiger partial charge in [0.2, 0.25) is 0 Å².